The second kappa shape index (κ2) is 24.7. The van der Waals surface area contributed by atoms with E-state index in [0.717, 1.165) is 25.7 Å². The molecule has 0 bridgehead atoms. The molecule has 4 heteroatoms. The molecule has 0 atom stereocenters. The molecule has 0 aliphatic heterocycles. The maximum absolute atomic E-state index is 10.9. The van der Waals surface area contributed by atoms with Gasteiger partial charge in [-0.05, 0) is 12.8 Å². The largest absolute Gasteiger partial charge is 0.463 e. The molecule has 0 spiro atoms. The van der Waals surface area contributed by atoms with Crippen molar-refractivity contribution < 1.29 is 19.1 Å². The van der Waals surface area contributed by atoms with E-state index in [1.807, 2.05) is 0 Å². The quantitative estimate of drug-likeness (QED) is 0.0878. The van der Waals surface area contributed by atoms with E-state index in [9.17, 15) is 9.59 Å². The van der Waals surface area contributed by atoms with Crippen LogP contribution in [0.4, 0.5) is 0 Å². The highest BCUT2D eigenvalue weighted by Crippen LogP contribution is 2.14. The van der Waals surface area contributed by atoms with Crippen LogP contribution >= 0.6 is 0 Å². The van der Waals surface area contributed by atoms with Crippen LogP contribution in [0, 0.1) is 0 Å². The maximum atomic E-state index is 10.9. The number of hydrogen-bond acceptors (Lipinski definition) is 4. The van der Waals surface area contributed by atoms with Crippen molar-refractivity contribution in [3.63, 3.8) is 0 Å². The average Bonchev–Trinajstić information content (AvgIpc) is 2.79. The number of carbonyl (C=O) groups excluding carboxylic acids is 2. The molecular weight excluding hydrogens is 388 g/mol. The van der Waals surface area contributed by atoms with Crippen LogP contribution in [0.25, 0.3) is 0 Å². The lowest BCUT2D eigenvalue weighted by molar-refractivity contribution is -0.138. The van der Waals surface area contributed by atoms with E-state index in [1.54, 1.807) is 0 Å². The lowest BCUT2D eigenvalue weighted by atomic mass is 10.0. The van der Waals surface area contributed by atoms with E-state index < -0.39 is 0 Å². The van der Waals surface area contributed by atoms with Gasteiger partial charge >= 0.3 is 11.9 Å². The van der Waals surface area contributed by atoms with Gasteiger partial charge in [-0.1, -0.05) is 122 Å². The molecule has 0 saturated heterocycles. The molecule has 0 fully saturated rings. The Bertz CT molecular complexity index is 405. The van der Waals surface area contributed by atoms with Gasteiger partial charge < -0.3 is 9.47 Å². The number of esters is 2. The Balaban J connectivity index is 3.06. The summed E-state index contributed by atoms with van der Waals surface area (Å²) < 4.78 is 9.94. The van der Waals surface area contributed by atoms with Crippen molar-refractivity contribution in [1.82, 2.24) is 0 Å². The highest BCUT2D eigenvalue weighted by atomic mass is 16.5. The molecule has 0 aromatic heterocycles. The Morgan fingerprint density at radius 3 is 0.806 bits per heavy atom. The van der Waals surface area contributed by atoms with E-state index in [0.29, 0.717) is 13.2 Å². The van der Waals surface area contributed by atoms with Gasteiger partial charge in [-0.2, -0.15) is 0 Å². The molecule has 180 valence electrons. The standard InChI is InChI=1S/C27H48O4/c1-3-26(28)30-24-22-20-18-16-14-12-10-8-6-5-7-9-11-13-15-17-19-21-23-25-31-27(29)4-2/h3-4H,1-2,5-25H2. The van der Waals surface area contributed by atoms with Gasteiger partial charge in [0.2, 0.25) is 0 Å². The Kier molecular flexibility index (Phi) is 23.4. The SMILES string of the molecule is C=CC(=O)OCCCCCCCCCCCCCCCCCCCCCOC(=O)C=C. The smallest absolute Gasteiger partial charge is 0.330 e. The first-order valence-corrected chi connectivity index (χ1v) is 12.8. The van der Waals surface area contributed by atoms with Crippen LogP contribution in [0.3, 0.4) is 0 Å². The van der Waals surface area contributed by atoms with Crippen LogP contribution in [0.2, 0.25) is 0 Å². The average molecular weight is 437 g/mol. The zero-order valence-electron chi connectivity index (χ0n) is 20.1. The fourth-order valence-corrected chi connectivity index (χ4v) is 3.67. The molecule has 0 rings (SSSR count). The minimum atomic E-state index is -0.311. The molecule has 0 N–H and O–H groups in total. The minimum Gasteiger partial charge on any atom is -0.463 e. The first-order valence-electron chi connectivity index (χ1n) is 12.8. The summed E-state index contributed by atoms with van der Waals surface area (Å²) in [6.45, 7) is 7.83. The molecule has 0 unspecified atom stereocenters. The topological polar surface area (TPSA) is 52.6 Å². The van der Waals surface area contributed by atoms with E-state index in [1.165, 1.54) is 108 Å². The van der Waals surface area contributed by atoms with Crippen molar-refractivity contribution >= 4 is 11.9 Å². The van der Waals surface area contributed by atoms with E-state index in [-0.39, 0.29) is 11.9 Å². The summed E-state index contributed by atoms with van der Waals surface area (Å²) in [6.07, 6.45) is 26.9. The van der Waals surface area contributed by atoms with Gasteiger partial charge in [0.15, 0.2) is 0 Å². The summed E-state index contributed by atoms with van der Waals surface area (Å²) in [7, 11) is 0. The Hall–Kier alpha value is -1.58. The number of rotatable bonds is 24. The van der Waals surface area contributed by atoms with Crippen molar-refractivity contribution in [3.05, 3.63) is 25.3 Å². The summed E-state index contributed by atoms with van der Waals surface area (Å²) in [6, 6.07) is 0. The van der Waals surface area contributed by atoms with Crippen LogP contribution in [0.1, 0.15) is 122 Å². The predicted molar refractivity (Wildman–Crippen MR) is 130 cm³/mol. The highest BCUT2D eigenvalue weighted by molar-refractivity contribution is 5.81. The first kappa shape index (κ1) is 29.4. The highest BCUT2D eigenvalue weighted by Gasteiger charge is 1.98. The van der Waals surface area contributed by atoms with Crippen molar-refractivity contribution in [2.45, 2.75) is 122 Å². The molecule has 0 saturated carbocycles. The van der Waals surface area contributed by atoms with E-state index in [4.69, 9.17) is 9.47 Å². The molecule has 0 aromatic rings. The zero-order valence-corrected chi connectivity index (χ0v) is 20.1. The summed E-state index contributed by atoms with van der Waals surface area (Å²) in [5, 5.41) is 0. The molecule has 0 aromatic carbocycles. The number of carbonyl (C=O) groups is 2. The third-order valence-electron chi connectivity index (χ3n) is 5.61. The molecular formula is C27H48O4. The second-order valence-electron chi connectivity index (χ2n) is 8.46. The molecule has 31 heavy (non-hydrogen) atoms. The molecule has 0 amide bonds. The van der Waals surface area contributed by atoms with Gasteiger partial charge in [0.1, 0.15) is 0 Å². The third-order valence-corrected chi connectivity index (χ3v) is 5.61. The summed E-state index contributed by atoms with van der Waals surface area (Å²) >= 11 is 0. The van der Waals surface area contributed by atoms with Crippen LogP contribution < -0.4 is 0 Å². The number of ether oxygens (including phenoxy) is 2. The maximum Gasteiger partial charge on any atom is 0.330 e. The zero-order chi connectivity index (χ0) is 22.8. The van der Waals surface area contributed by atoms with E-state index in [2.05, 4.69) is 13.2 Å². The van der Waals surface area contributed by atoms with Gasteiger partial charge in [-0.25, -0.2) is 9.59 Å². The molecule has 0 aliphatic rings. The normalized spacial score (nSPS) is 10.6. The minimum absolute atomic E-state index is 0.311. The predicted octanol–water partition coefficient (Wildman–Crippen LogP) is 7.86. The third kappa shape index (κ3) is 24.6. The summed E-state index contributed by atoms with van der Waals surface area (Å²) in [5.74, 6) is -0.622. The second-order valence-corrected chi connectivity index (χ2v) is 8.46. The fraction of sp³-hybridized carbons (Fsp3) is 0.778. The van der Waals surface area contributed by atoms with Crippen LogP contribution in [-0.4, -0.2) is 25.2 Å². The van der Waals surface area contributed by atoms with Crippen LogP contribution in [0.5, 0.6) is 0 Å². The van der Waals surface area contributed by atoms with Gasteiger partial charge in [0, 0.05) is 12.2 Å². The summed E-state index contributed by atoms with van der Waals surface area (Å²) in [4.78, 5) is 21.8. The molecule has 0 heterocycles. The van der Waals surface area contributed by atoms with E-state index >= 15 is 0 Å². The Labute approximate surface area is 191 Å². The first-order chi connectivity index (χ1) is 15.2. The summed E-state index contributed by atoms with van der Waals surface area (Å²) in [5.41, 5.74) is 0. The van der Waals surface area contributed by atoms with Crippen LogP contribution in [0.15, 0.2) is 25.3 Å². The number of hydrogen-bond donors (Lipinski definition) is 0. The number of unbranched alkanes of at least 4 members (excludes halogenated alkanes) is 18. The molecule has 0 radical (unpaired) electrons. The Morgan fingerprint density at radius 1 is 0.419 bits per heavy atom. The van der Waals surface area contributed by atoms with Crippen molar-refractivity contribution in [1.29, 1.82) is 0 Å². The fourth-order valence-electron chi connectivity index (χ4n) is 3.67. The van der Waals surface area contributed by atoms with Gasteiger partial charge in [0.05, 0.1) is 13.2 Å². The van der Waals surface area contributed by atoms with Crippen molar-refractivity contribution in [2.24, 2.45) is 0 Å². The van der Waals surface area contributed by atoms with Gasteiger partial charge in [0.25, 0.3) is 0 Å². The van der Waals surface area contributed by atoms with Gasteiger partial charge in [-0.15, -0.1) is 0 Å². The molecule has 4 nitrogen and oxygen atoms in total. The van der Waals surface area contributed by atoms with Gasteiger partial charge in [-0.3, -0.25) is 0 Å². The van der Waals surface area contributed by atoms with Crippen LogP contribution in [-0.2, 0) is 19.1 Å². The Morgan fingerprint density at radius 2 is 0.613 bits per heavy atom. The monoisotopic (exact) mass is 436 g/mol. The molecule has 0 aliphatic carbocycles. The lowest BCUT2D eigenvalue weighted by Crippen LogP contribution is -2.01. The lowest BCUT2D eigenvalue weighted by Gasteiger charge is -2.04. The van der Waals surface area contributed by atoms with Crippen molar-refractivity contribution in [3.8, 4) is 0 Å². The van der Waals surface area contributed by atoms with Crippen molar-refractivity contribution in [2.75, 3.05) is 13.2 Å².